The highest BCUT2D eigenvalue weighted by Crippen LogP contribution is 2.02. The van der Waals surface area contributed by atoms with Gasteiger partial charge in [0.05, 0.1) is 6.61 Å². The Hall–Kier alpha value is -1.81. The predicted molar refractivity (Wildman–Crippen MR) is 84.9 cm³/mol. The summed E-state index contributed by atoms with van der Waals surface area (Å²) in [5.74, 6) is -2.38. The molecule has 5 N–H and O–H groups in total. The summed E-state index contributed by atoms with van der Waals surface area (Å²) in [5, 5.41) is 24.6. The number of carbonyl (C=O) groups is 4. The van der Waals surface area contributed by atoms with Crippen molar-refractivity contribution in [3.8, 4) is 0 Å². The highest BCUT2D eigenvalue weighted by Gasteiger charge is 2.26. The first kappa shape index (κ1) is 21.2. The molecule has 0 aromatic carbocycles. The van der Waals surface area contributed by atoms with E-state index in [0.29, 0.717) is 12.2 Å². The van der Waals surface area contributed by atoms with Gasteiger partial charge in [-0.25, -0.2) is 4.79 Å². The fraction of sp³-hybridized carbons (Fsp3) is 0.692. The SMILES string of the molecule is CSCC[C@H](NC(C)=O)C(=O)N[C@@H](C)C(=O)N[C@@H](CO)C(=O)O. The van der Waals surface area contributed by atoms with Crippen molar-refractivity contribution in [3.05, 3.63) is 0 Å². The fourth-order valence-corrected chi connectivity index (χ4v) is 2.08. The van der Waals surface area contributed by atoms with Gasteiger partial charge in [0.25, 0.3) is 0 Å². The van der Waals surface area contributed by atoms with Crippen LogP contribution in [0.3, 0.4) is 0 Å². The van der Waals surface area contributed by atoms with Crippen LogP contribution in [0, 0.1) is 0 Å². The molecule has 3 atom stereocenters. The van der Waals surface area contributed by atoms with Gasteiger partial charge >= 0.3 is 5.97 Å². The summed E-state index contributed by atoms with van der Waals surface area (Å²) < 4.78 is 0. The van der Waals surface area contributed by atoms with Crippen LogP contribution in [0.15, 0.2) is 0 Å². The molecule has 0 bridgehead atoms. The van der Waals surface area contributed by atoms with Gasteiger partial charge in [0.1, 0.15) is 18.1 Å². The third-order valence-corrected chi connectivity index (χ3v) is 3.50. The van der Waals surface area contributed by atoms with Crippen LogP contribution in [0.1, 0.15) is 20.3 Å². The normalized spacial score (nSPS) is 14.3. The van der Waals surface area contributed by atoms with Crippen LogP contribution >= 0.6 is 11.8 Å². The molecule has 0 fully saturated rings. The summed E-state index contributed by atoms with van der Waals surface area (Å²) in [6.07, 6.45) is 2.26. The molecule has 0 rings (SSSR count). The van der Waals surface area contributed by atoms with E-state index in [1.165, 1.54) is 25.6 Å². The first-order chi connectivity index (χ1) is 10.7. The Morgan fingerprint density at radius 3 is 2.09 bits per heavy atom. The summed E-state index contributed by atoms with van der Waals surface area (Å²) in [6.45, 7) is 1.90. The number of hydrogen-bond acceptors (Lipinski definition) is 6. The molecule has 0 aliphatic rings. The molecule has 0 unspecified atom stereocenters. The Balaban J connectivity index is 4.66. The van der Waals surface area contributed by atoms with Gasteiger partial charge in [0.2, 0.25) is 17.7 Å². The van der Waals surface area contributed by atoms with Gasteiger partial charge in [-0.05, 0) is 25.4 Å². The molecule has 0 aromatic rings. The molecule has 0 aliphatic carbocycles. The van der Waals surface area contributed by atoms with Crippen LogP contribution < -0.4 is 16.0 Å². The van der Waals surface area contributed by atoms with Crippen LogP contribution in [0.25, 0.3) is 0 Å². The molecular weight excluding hydrogens is 326 g/mol. The van der Waals surface area contributed by atoms with Crippen molar-refractivity contribution in [2.75, 3.05) is 18.6 Å². The summed E-state index contributed by atoms with van der Waals surface area (Å²) in [6, 6.07) is -3.23. The molecule has 0 spiro atoms. The molecule has 132 valence electrons. The zero-order valence-corrected chi connectivity index (χ0v) is 14.1. The summed E-state index contributed by atoms with van der Waals surface area (Å²) in [5.41, 5.74) is 0. The molecular formula is C13H23N3O6S. The molecule has 0 saturated carbocycles. The van der Waals surface area contributed by atoms with E-state index in [0.717, 1.165) is 0 Å². The van der Waals surface area contributed by atoms with E-state index in [-0.39, 0.29) is 5.91 Å². The van der Waals surface area contributed by atoms with Crippen molar-refractivity contribution < 1.29 is 29.4 Å². The van der Waals surface area contributed by atoms with Crippen molar-refractivity contribution in [2.24, 2.45) is 0 Å². The van der Waals surface area contributed by atoms with Gasteiger partial charge in [-0.1, -0.05) is 0 Å². The second-order valence-electron chi connectivity index (χ2n) is 4.85. The molecule has 3 amide bonds. The largest absolute Gasteiger partial charge is 0.480 e. The molecule has 10 heteroatoms. The number of hydrogen-bond donors (Lipinski definition) is 5. The lowest BCUT2D eigenvalue weighted by molar-refractivity contribution is -0.143. The van der Waals surface area contributed by atoms with Crippen molar-refractivity contribution in [1.29, 1.82) is 0 Å². The second kappa shape index (κ2) is 10.8. The fourth-order valence-electron chi connectivity index (χ4n) is 1.61. The molecule has 0 saturated heterocycles. The van der Waals surface area contributed by atoms with Gasteiger partial charge in [-0.15, -0.1) is 0 Å². The topological polar surface area (TPSA) is 145 Å². The number of carboxylic acid groups (broad SMARTS) is 1. The summed E-state index contributed by atoms with van der Waals surface area (Å²) >= 11 is 1.51. The van der Waals surface area contributed by atoms with Gasteiger partial charge in [-0.2, -0.15) is 11.8 Å². The van der Waals surface area contributed by atoms with Crippen molar-refractivity contribution in [2.45, 2.75) is 38.4 Å². The Bertz CT molecular complexity index is 445. The quantitative estimate of drug-likeness (QED) is 0.316. The van der Waals surface area contributed by atoms with E-state index in [9.17, 15) is 19.2 Å². The Kier molecular flexibility index (Phi) is 9.99. The van der Waals surface area contributed by atoms with E-state index < -0.39 is 42.5 Å². The van der Waals surface area contributed by atoms with Crippen LogP contribution in [0.2, 0.25) is 0 Å². The van der Waals surface area contributed by atoms with Crippen LogP contribution in [-0.2, 0) is 19.2 Å². The molecule has 0 aliphatic heterocycles. The second-order valence-corrected chi connectivity index (χ2v) is 5.83. The average Bonchev–Trinajstić information content (AvgIpc) is 2.47. The minimum atomic E-state index is -1.44. The number of aliphatic hydroxyl groups excluding tert-OH is 1. The molecule has 0 radical (unpaired) electrons. The highest BCUT2D eigenvalue weighted by molar-refractivity contribution is 7.98. The maximum Gasteiger partial charge on any atom is 0.328 e. The molecule has 0 heterocycles. The van der Waals surface area contributed by atoms with E-state index in [1.54, 1.807) is 0 Å². The van der Waals surface area contributed by atoms with Crippen molar-refractivity contribution in [3.63, 3.8) is 0 Å². The van der Waals surface area contributed by atoms with Crippen LogP contribution in [0.4, 0.5) is 0 Å². The average molecular weight is 349 g/mol. The van der Waals surface area contributed by atoms with Gasteiger partial charge in [0.15, 0.2) is 0 Å². The number of carbonyl (C=O) groups excluding carboxylic acids is 3. The van der Waals surface area contributed by atoms with E-state index in [4.69, 9.17) is 10.2 Å². The summed E-state index contributed by atoms with van der Waals surface area (Å²) in [7, 11) is 0. The van der Waals surface area contributed by atoms with E-state index >= 15 is 0 Å². The monoisotopic (exact) mass is 349 g/mol. The first-order valence-corrected chi connectivity index (χ1v) is 8.32. The Labute approximate surface area is 138 Å². The van der Waals surface area contributed by atoms with Gasteiger partial charge in [0, 0.05) is 6.92 Å². The van der Waals surface area contributed by atoms with Crippen molar-refractivity contribution >= 4 is 35.5 Å². The zero-order chi connectivity index (χ0) is 18.0. The number of amides is 3. The van der Waals surface area contributed by atoms with Crippen molar-refractivity contribution in [1.82, 2.24) is 16.0 Å². The van der Waals surface area contributed by atoms with Crippen LogP contribution in [-0.4, -0.2) is 70.6 Å². The zero-order valence-electron chi connectivity index (χ0n) is 13.3. The van der Waals surface area contributed by atoms with Gasteiger partial charge < -0.3 is 26.2 Å². The number of carboxylic acids is 1. The minimum absolute atomic E-state index is 0.366. The van der Waals surface area contributed by atoms with Gasteiger partial charge in [-0.3, -0.25) is 14.4 Å². The lowest BCUT2D eigenvalue weighted by Gasteiger charge is -2.21. The maximum atomic E-state index is 12.1. The summed E-state index contributed by atoms with van der Waals surface area (Å²) in [4.78, 5) is 45.8. The number of nitrogens with one attached hydrogen (secondary N) is 3. The first-order valence-electron chi connectivity index (χ1n) is 6.93. The number of aliphatic hydroxyl groups is 1. The highest BCUT2D eigenvalue weighted by atomic mass is 32.2. The van der Waals surface area contributed by atoms with E-state index in [1.807, 2.05) is 6.26 Å². The molecule has 0 aromatic heterocycles. The lowest BCUT2D eigenvalue weighted by Crippen LogP contribution is -2.55. The standard InChI is InChI=1S/C13H23N3O6S/c1-7(11(19)16-10(6-17)13(21)22)14-12(20)9(4-5-23-3)15-8(2)18/h7,9-10,17H,4-6H2,1-3H3,(H,14,20)(H,15,18)(H,16,19)(H,21,22)/t7-,9-,10-/m0/s1. The van der Waals surface area contributed by atoms with Crippen LogP contribution in [0.5, 0.6) is 0 Å². The number of rotatable bonds is 10. The predicted octanol–water partition coefficient (Wildman–Crippen LogP) is -1.69. The Morgan fingerprint density at radius 2 is 1.65 bits per heavy atom. The third kappa shape index (κ3) is 8.41. The number of aliphatic carboxylic acids is 1. The smallest absolute Gasteiger partial charge is 0.328 e. The number of thioether (sulfide) groups is 1. The minimum Gasteiger partial charge on any atom is -0.480 e. The maximum absolute atomic E-state index is 12.1. The Morgan fingerprint density at radius 1 is 1.04 bits per heavy atom. The molecule has 23 heavy (non-hydrogen) atoms. The lowest BCUT2D eigenvalue weighted by atomic mass is 10.2. The van der Waals surface area contributed by atoms with E-state index in [2.05, 4.69) is 16.0 Å². The molecule has 9 nitrogen and oxygen atoms in total. The third-order valence-electron chi connectivity index (χ3n) is 2.85.